The second-order valence-electron chi connectivity index (χ2n) is 10.6. The summed E-state index contributed by atoms with van der Waals surface area (Å²) in [5.41, 5.74) is 18.4. The molecule has 0 heterocycles. The van der Waals surface area contributed by atoms with Gasteiger partial charge in [0.05, 0.1) is 0 Å². The normalized spacial score (nSPS) is 30.1. The molecule has 2 aromatic rings. The molecule has 0 amide bonds. The molecule has 0 bridgehead atoms. The fourth-order valence-corrected chi connectivity index (χ4v) is 7.98. The second-order valence-corrected chi connectivity index (χ2v) is 10.6. The molecule has 0 heteroatoms. The summed E-state index contributed by atoms with van der Waals surface area (Å²) >= 11 is 0. The van der Waals surface area contributed by atoms with E-state index in [1.54, 1.807) is 44.6 Å². The molecule has 0 spiro atoms. The Kier molecular flexibility index (Phi) is 2.96. The Hall–Kier alpha value is -3.12. The minimum absolute atomic E-state index is 0.0108. The Bertz CT molecular complexity index is 1480. The van der Waals surface area contributed by atoms with Gasteiger partial charge in [0.2, 0.25) is 0 Å². The lowest BCUT2D eigenvalue weighted by atomic mass is 9.43. The van der Waals surface area contributed by atoms with Gasteiger partial charge in [-0.15, -0.1) is 0 Å². The lowest BCUT2D eigenvalue weighted by molar-refractivity contribution is 0.270. The van der Waals surface area contributed by atoms with E-state index in [9.17, 15) is 0 Å². The molecule has 2 aromatic carbocycles. The average molecular weight is 411 g/mol. The predicted octanol–water partition coefficient (Wildman–Crippen LogP) is 7.65. The van der Waals surface area contributed by atoms with Gasteiger partial charge in [-0.05, 0) is 92.5 Å². The zero-order chi connectivity index (χ0) is 21.2. The Morgan fingerprint density at radius 2 is 1.44 bits per heavy atom. The van der Waals surface area contributed by atoms with Crippen LogP contribution in [0.1, 0.15) is 54.5 Å². The van der Waals surface area contributed by atoms with Gasteiger partial charge in [0.25, 0.3) is 0 Å². The van der Waals surface area contributed by atoms with Crippen LogP contribution in [0.25, 0.3) is 17.2 Å². The highest BCUT2D eigenvalue weighted by Crippen LogP contribution is 2.71. The van der Waals surface area contributed by atoms with Crippen molar-refractivity contribution in [3.05, 3.63) is 122 Å². The van der Waals surface area contributed by atoms with Crippen LogP contribution in [0.5, 0.6) is 0 Å². The van der Waals surface area contributed by atoms with Gasteiger partial charge in [-0.3, -0.25) is 0 Å². The van der Waals surface area contributed by atoms with Crippen LogP contribution in [0.4, 0.5) is 0 Å². The quantitative estimate of drug-likeness (QED) is 0.418. The molecule has 0 aliphatic heterocycles. The van der Waals surface area contributed by atoms with Crippen LogP contribution < -0.4 is 0 Å². The third kappa shape index (κ3) is 1.70. The Labute approximate surface area is 190 Å². The van der Waals surface area contributed by atoms with E-state index in [0.717, 1.165) is 0 Å². The Morgan fingerprint density at radius 3 is 2.28 bits per heavy atom. The fourth-order valence-electron chi connectivity index (χ4n) is 7.98. The van der Waals surface area contributed by atoms with Gasteiger partial charge in [0.1, 0.15) is 0 Å². The molecule has 0 unspecified atom stereocenters. The van der Waals surface area contributed by atoms with Crippen LogP contribution in [-0.4, -0.2) is 0 Å². The van der Waals surface area contributed by atoms with Gasteiger partial charge >= 0.3 is 0 Å². The van der Waals surface area contributed by atoms with Gasteiger partial charge in [-0.1, -0.05) is 86.7 Å². The van der Waals surface area contributed by atoms with Crippen LogP contribution >= 0.6 is 0 Å². The minimum Gasteiger partial charge on any atom is -0.0617 e. The van der Waals surface area contributed by atoms with Crippen molar-refractivity contribution < 1.29 is 0 Å². The summed E-state index contributed by atoms with van der Waals surface area (Å²) in [5.74, 6) is 0. The van der Waals surface area contributed by atoms with E-state index in [1.807, 2.05) is 0 Å². The van der Waals surface area contributed by atoms with Crippen molar-refractivity contribution in [1.82, 2.24) is 0 Å². The maximum absolute atomic E-state index is 2.55. The molecule has 8 rings (SSSR count). The first-order valence-corrected chi connectivity index (χ1v) is 12.1. The highest BCUT2D eigenvalue weighted by molar-refractivity contribution is 5.98. The minimum atomic E-state index is -0.0295. The SMILES string of the molecule is C[C@]12C3=CC=C4c5ccccc5C=C(C=CC1=C1CCc5cccc6c5C1=C3CC6)[C@]42C. The number of benzene rings is 2. The molecule has 6 aliphatic rings. The second kappa shape index (κ2) is 5.44. The summed E-state index contributed by atoms with van der Waals surface area (Å²) < 4.78 is 0. The molecule has 32 heavy (non-hydrogen) atoms. The van der Waals surface area contributed by atoms with E-state index in [1.165, 1.54) is 48.0 Å². The van der Waals surface area contributed by atoms with Crippen LogP contribution in [-0.2, 0) is 12.8 Å². The topological polar surface area (TPSA) is 0 Å². The molecule has 0 nitrogen and oxygen atoms in total. The first kappa shape index (κ1) is 17.4. The summed E-state index contributed by atoms with van der Waals surface area (Å²) in [7, 11) is 0. The monoisotopic (exact) mass is 410 g/mol. The van der Waals surface area contributed by atoms with Gasteiger partial charge in [-0.25, -0.2) is 0 Å². The highest BCUT2D eigenvalue weighted by Gasteiger charge is 2.59. The molecular formula is C32H26. The zero-order valence-electron chi connectivity index (χ0n) is 18.8. The molecule has 0 saturated heterocycles. The zero-order valence-corrected chi connectivity index (χ0v) is 18.8. The van der Waals surface area contributed by atoms with E-state index in [2.05, 4.69) is 86.7 Å². The smallest absolute Gasteiger partial charge is 0.0315 e. The molecule has 0 fully saturated rings. The Morgan fingerprint density at radius 1 is 0.688 bits per heavy atom. The van der Waals surface area contributed by atoms with Gasteiger partial charge < -0.3 is 0 Å². The number of rotatable bonds is 0. The van der Waals surface area contributed by atoms with Gasteiger partial charge in [-0.2, -0.15) is 0 Å². The third-order valence-electron chi connectivity index (χ3n) is 9.63. The van der Waals surface area contributed by atoms with Crippen molar-refractivity contribution in [3.63, 3.8) is 0 Å². The number of hydrogen-bond acceptors (Lipinski definition) is 0. The first-order valence-electron chi connectivity index (χ1n) is 12.1. The lowest BCUT2D eigenvalue weighted by Crippen LogP contribution is -2.49. The highest BCUT2D eigenvalue weighted by atomic mass is 14.6. The van der Waals surface area contributed by atoms with E-state index >= 15 is 0 Å². The molecule has 0 aromatic heterocycles. The number of allylic oxidation sites excluding steroid dienone is 11. The van der Waals surface area contributed by atoms with Crippen molar-refractivity contribution in [2.75, 3.05) is 0 Å². The fraction of sp³-hybridized carbons (Fsp3) is 0.250. The van der Waals surface area contributed by atoms with Crippen LogP contribution in [0.3, 0.4) is 0 Å². The largest absolute Gasteiger partial charge is 0.0617 e. The molecule has 0 N–H and O–H groups in total. The summed E-state index contributed by atoms with van der Waals surface area (Å²) in [4.78, 5) is 0. The lowest BCUT2D eigenvalue weighted by Gasteiger charge is -2.59. The molecule has 154 valence electrons. The Balaban J connectivity index is 1.52. The number of hydrogen-bond donors (Lipinski definition) is 0. The number of aryl methyl sites for hydroxylation is 2. The van der Waals surface area contributed by atoms with Crippen molar-refractivity contribution >= 4 is 17.2 Å². The van der Waals surface area contributed by atoms with Crippen molar-refractivity contribution in [1.29, 1.82) is 0 Å². The molecular weight excluding hydrogens is 384 g/mol. The average Bonchev–Trinajstić information content (AvgIpc) is 2.81. The van der Waals surface area contributed by atoms with E-state index in [-0.39, 0.29) is 10.8 Å². The molecule has 6 aliphatic carbocycles. The maximum Gasteiger partial charge on any atom is 0.0315 e. The van der Waals surface area contributed by atoms with E-state index in [4.69, 9.17) is 0 Å². The summed E-state index contributed by atoms with van der Waals surface area (Å²) in [6.45, 7) is 5.08. The van der Waals surface area contributed by atoms with Crippen LogP contribution in [0, 0.1) is 10.8 Å². The first-order chi connectivity index (χ1) is 15.6. The number of fused-ring (bicyclic) bond motifs is 3. The van der Waals surface area contributed by atoms with E-state index < -0.39 is 0 Å². The molecule has 0 radical (unpaired) electrons. The van der Waals surface area contributed by atoms with Crippen molar-refractivity contribution in [3.8, 4) is 0 Å². The standard InChI is InChI=1S/C32H26/c1-31-22-12-15-27-24-13-10-19-7-5-8-20-11-14-25(30(24)29(19)20)28(32(27,31)2)17-16-26(31)23-9-4-3-6-21(23)18-22/h3-9,12,15-18H,10-11,13-14H2,1-2H3/t31-,32-/m1/s1. The summed E-state index contributed by atoms with van der Waals surface area (Å²) in [5, 5.41) is 0. The van der Waals surface area contributed by atoms with Gasteiger partial charge in [0, 0.05) is 10.8 Å². The van der Waals surface area contributed by atoms with Crippen molar-refractivity contribution in [2.45, 2.75) is 39.5 Å². The molecule has 0 saturated carbocycles. The third-order valence-corrected chi connectivity index (χ3v) is 9.63. The predicted molar refractivity (Wildman–Crippen MR) is 133 cm³/mol. The van der Waals surface area contributed by atoms with Crippen molar-refractivity contribution in [2.24, 2.45) is 10.8 Å². The summed E-state index contributed by atoms with van der Waals surface area (Å²) in [6.07, 6.45) is 17.0. The summed E-state index contributed by atoms with van der Waals surface area (Å²) in [6, 6.07) is 16.0. The van der Waals surface area contributed by atoms with E-state index in [0.29, 0.717) is 0 Å². The van der Waals surface area contributed by atoms with Crippen LogP contribution in [0.15, 0.2) is 94.6 Å². The van der Waals surface area contributed by atoms with Gasteiger partial charge in [0.15, 0.2) is 0 Å². The molecule has 2 atom stereocenters. The van der Waals surface area contributed by atoms with Crippen LogP contribution in [0.2, 0.25) is 0 Å². The maximum atomic E-state index is 2.55.